The maximum atomic E-state index is 5.34. The standard InChI is InChI=1S/C20H20N2O/c1-15-13-17(10-11-19(15)23-2)18-9-6-12-21-20(18)22-14-16-7-4-3-5-8-16/h3-13H,14H2,1-2H3,(H,21,22). The zero-order valence-corrected chi connectivity index (χ0v) is 13.4. The molecule has 0 saturated carbocycles. The lowest BCUT2D eigenvalue weighted by Gasteiger charge is -2.13. The molecular weight excluding hydrogens is 284 g/mol. The quantitative estimate of drug-likeness (QED) is 0.743. The molecule has 0 amide bonds. The van der Waals surface area contributed by atoms with E-state index in [0.717, 1.165) is 34.8 Å². The van der Waals surface area contributed by atoms with Crippen LogP contribution in [0.3, 0.4) is 0 Å². The molecule has 0 saturated heterocycles. The Balaban J connectivity index is 1.87. The topological polar surface area (TPSA) is 34.1 Å². The number of nitrogens with zero attached hydrogens (tertiary/aromatic N) is 1. The van der Waals surface area contributed by atoms with E-state index in [1.807, 2.05) is 36.5 Å². The monoisotopic (exact) mass is 304 g/mol. The van der Waals surface area contributed by atoms with Gasteiger partial charge in [-0.05, 0) is 47.9 Å². The number of rotatable bonds is 5. The molecule has 3 nitrogen and oxygen atoms in total. The van der Waals surface area contributed by atoms with Crippen LogP contribution in [-0.2, 0) is 6.54 Å². The highest BCUT2D eigenvalue weighted by atomic mass is 16.5. The van der Waals surface area contributed by atoms with Gasteiger partial charge in [0.05, 0.1) is 7.11 Å². The summed E-state index contributed by atoms with van der Waals surface area (Å²) in [5, 5.41) is 3.43. The molecule has 116 valence electrons. The number of pyridine rings is 1. The van der Waals surface area contributed by atoms with Gasteiger partial charge in [0.25, 0.3) is 0 Å². The summed E-state index contributed by atoms with van der Waals surface area (Å²) in [6.45, 7) is 2.80. The van der Waals surface area contributed by atoms with Crippen molar-refractivity contribution in [2.45, 2.75) is 13.5 Å². The van der Waals surface area contributed by atoms with Crippen molar-refractivity contribution in [1.82, 2.24) is 4.98 Å². The van der Waals surface area contributed by atoms with Crippen LogP contribution < -0.4 is 10.1 Å². The zero-order chi connectivity index (χ0) is 16.1. The number of aromatic nitrogens is 1. The van der Waals surface area contributed by atoms with Crippen molar-refractivity contribution in [3.8, 4) is 16.9 Å². The second kappa shape index (κ2) is 6.97. The maximum Gasteiger partial charge on any atom is 0.134 e. The maximum absolute atomic E-state index is 5.34. The second-order valence-electron chi connectivity index (χ2n) is 5.42. The molecule has 0 atom stereocenters. The Labute approximate surface area is 137 Å². The minimum atomic E-state index is 0.750. The molecule has 1 aromatic heterocycles. The molecule has 23 heavy (non-hydrogen) atoms. The van der Waals surface area contributed by atoms with E-state index in [0.29, 0.717) is 0 Å². The number of anilines is 1. The smallest absolute Gasteiger partial charge is 0.134 e. The first kappa shape index (κ1) is 15.1. The van der Waals surface area contributed by atoms with E-state index in [9.17, 15) is 0 Å². The largest absolute Gasteiger partial charge is 0.496 e. The van der Waals surface area contributed by atoms with Crippen molar-refractivity contribution < 1.29 is 4.74 Å². The highest BCUT2D eigenvalue weighted by molar-refractivity contribution is 5.76. The lowest BCUT2D eigenvalue weighted by Crippen LogP contribution is -2.02. The summed E-state index contributed by atoms with van der Waals surface area (Å²) in [5.41, 5.74) is 4.57. The van der Waals surface area contributed by atoms with Crippen molar-refractivity contribution in [3.05, 3.63) is 78.0 Å². The molecule has 0 fully saturated rings. The van der Waals surface area contributed by atoms with E-state index in [2.05, 4.69) is 47.6 Å². The second-order valence-corrected chi connectivity index (χ2v) is 5.42. The Morgan fingerprint density at radius 3 is 2.57 bits per heavy atom. The fourth-order valence-corrected chi connectivity index (χ4v) is 2.61. The van der Waals surface area contributed by atoms with Gasteiger partial charge in [0.15, 0.2) is 0 Å². The Hall–Kier alpha value is -2.81. The molecule has 1 N–H and O–H groups in total. The summed E-state index contributed by atoms with van der Waals surface area (Å²) in [4.78, 5) is 4.50. The van der Waals surface area contributed by atoms with Gasteiger partial charge in [-0.2, -0.15) is 0 Å². The third kappa shape index (κ3) is 3.51. The van der Waals surface area contributed by atoms with Crippen LogP contribution in [0.1, 0.15) is 11.1 Å². The van der Waals surface area contributed by atoms with Gasteiger partial charge < -0.3 is 10.1 Å². The molecule has 0 aliphatic heterocycles. The van der Waals surface area contributed by atoms with Crippen molar-refractivity contribution in [3.63, 3.8) is 0 Å². The van der Waals surface area contributed by atoms with E-state index >= 15 is 0 Å². The van der Waals surface area contributed by atoms with Crippen LogP contribution >= 0.6 is 0 Å². The Morgan fingerprint density at radius 1 is 1.00 bits per heavy atom. The van der Waals surface area contributed by atoms with Crippen molar-refractivity contribution in [2.24, 2.45) is 0 Å². The highest BCUT2D eigenvalue weighted by Crippen LogP contribution is 2.30. The fraction of sp³-hybridized carbons (Fsp3) is 0.150. The Morgan fingerprint density at radius 2 is 1.83 bits per heavy atom. The first-order valence-electron chi connectivity index (χ1n) is 7.66. The summed E-state index contributed by atoms with van der Waals surface area (Å²) in [7, 11) is 1.69. The summed E-state index contributed by atoms with van der Waals surface area (Å²) in [6.07, 6.45) is 1.81. The first-order chi connectivity index (χ1) is 11.3. The minimum Gasteiger partial charge on any atom is -0.496 e. The normalized spacial score (nSPS) is 10.3. The molecule has 0 bridgehead atoms. The molecule has 0 aliphatic rings. The van der Waals surface area contributed by atoms with Gasteiger partial charge in [-0.15, -0.1) is 0 Å². The lowest BCUT2D eigenvalue weighted by molar-refractivity contribution is 0.412. The SMILES string of the molecule is COc1ccc(-c2cccnc2NCc2ccccc2)cc1C. The van der Waals surface area contributed by atoms with Gasteiger partial charge in [-0.25, -0.2) is 4.98 Å². The van der Waals surface area contributed by atoms with Gasteiger partial charge >= 0.3 is 0 Å². The molecule has 3 heteroatoms. The number of hydrogen-bond donors (Lipinski definition) is 1. The van der Waals surface area contributed by atoms with Gasteiger partial charge in [-0.3, -0.25) is 0 Å². The predicted molar refractivity (Wildman–Crippen MR) is 94.7 cm³/mol. The number of benzene rings is 2. The number of ether oxygens (including phenoxy) is 1. The molecule has 2 aromatic carbocycles. The Bertz CT molecular complexity index is 785. The van der Waals surface area contributed by atoms with E-state index in [4.69, 9.17) is 4.74 Å². The molecular formula is C20H20N2O. The van der Waals surface area contributed by atoms with E-state index in [-0.39, 0.29) is 0 Å². The van der Waals surface area contributed by atoms with E-state index in [1.54, 1.807) is 7.11 Å². The summed E-state index contributed by atoms with van der Waals surface area (Å²) < 4.78 is 5.34. The van der Waals surface area contributed by atoms with Crippen LogP contribution in [0.4, 0.5) is 5.82 Å². The van der Waals surface area contributed by atoms with Crippen molar-refractivity contribution >= 4 is 5.82 Å². The molecule has 0 spiro atoms. The van der Waals surface area contributed by atoms with Crippen LogP contribution in [0.2, 0.25) is 0 Å². The highest BCUT2D eigenvalue weighted by Gasteiger charge is 2.08. The Kier molecular flexibility index (Phi) is 4.57. The predicted octanol–water partition coefficient (Wildman–Crippen LogP) is 4.68. The number of methoxy groups -OCH3 is 1. The average Bonchev–Trinajstić information content (AvgIpc) is 2.61. The third-order valence-corrected chi connectivity index (χ3v) is 3.82. The van der Waals surface area contributed by atoms with Crippen molar-refractivity contribution in [1.29, 1.82) is 0 Å². The summed E-state index contributed by atoms with van der Waals surface area (Å²) in [5.74, 6) is 1.79. The van der Waals surface area contributed by atoms with Gasteiger partial charge in [0.1, 0.15) is 11.6 Å². The van der Waals surface area contributed by atoms with Gasteiger partial charge in [0, 0.05) is 18.3 Å². The molecule has 0 radical (unpaired) electrons. The van der Waals surface area contributed by atoms with E-state index < -0.39 is 0 Å². The van der Waals surface area contributed by atoms with E-state index in [1.165, 1.54) is 5.56 Å². The lowest BCUT2D eigenvalue weighted by atomic mass is 10.0. The molecule has 3 aromatic rings. The summed E-state index contributed by atoms with van der Waals surface area (Å²) >= 11 is 0. The summed E-state index contributed by atoms with van der Waals surface area (Å²) in [6, 6.07) is 20.6. The van der Waals surface area contributed by atoms with Crippen LogP contribution in [0.15, 0.2) is 66.9 Å². The van der Waals surface area contributed by atoms with Crippen LogP contribution in [0.5, 0.6) is 5.75 Å². The number of nitrogens with one attached hydrogen (secondary N) is 1. The number of hydrogen-bond acceptors (Lipinski definition) is 3. The van der Waals surface area contributed by atoms with Crippen LogP contribution in [0.25, 0.3) is 11.1 Å². The third-order valence-electron chi connectivity index (χ3n) is 3.82. The van der Waals surface area contributed by atoms with Gasteiger partial charge in [-0.1, -0.05) is 36.4 Å². The first-order valence-corrected chi connectivity index (χ1v) is 7.66. The van der Waals surface area contributed by atoms with Crippen molar-refractivity contribution in [2.75, 3.05) is 12.4 Å². The van der Waals surface area contributed by atoms with Gasteiger partial charge in [0.2, 0.25) is 0 Å². The number of aryl methyl sites for hydroxylation is 1. The molecule has 3 rings (SSSR count). The molecule has 0 aliphatic carbocycles. The molecule has 1 heterocycles. The molecule has 0 unspecified atom stereocenters. The fourth-order valence-electron chi connectivity index (χ4n) is 2.61. The van der Waals surface area contributed by atoms with Crippen LogP contribution in [-0.4, -0.2) is 12.1 Å². The zero-order valence-electron chi connectivity index (χ0n) is 13.4. The van der Waals surface area contributed by atoms with Crippen LogP contribution in [0, 0.1) is 6.92 Å². The average molecular weight is 304 g/mol. The minimum absolute atomic E-state index is 0.750.